The van der Waals surface area contributed by atoms with Crippen LogP contribution in [0.15, 0.2) is 48.5 Å². The van der Waals surface area contributed by atoms with E-state index in [-0.39, 0.29) is 29.5 Å². The van der Waals surface area contributed by atoms with E-state index in [4.69, 9.17) is 0 Å². The van der Waals surface area contributed by atoms with Gasteiger partial charge in [0.2, 0.25) is 11.8 Å². The standard InChI is InChI=1S/C24H29FN2O2/c1-2-17-7-13-21(14-8-17)27-24(29)20-11-9-19(10-12-20)23(28)26-16-15-18-5-3-4-6-22(18)25/h3-8,13-14,19-20H,2,9-12,15-16H2,1H3,(H,26,28)(H,27,29). The highest BCUT2D eigenvalue weighted by Crippen LogP contribution is 2.30. The first-order valence-corrected chi connectivity index (χ1v) is 10.5. The first kappa shape index (κ1) is 21.0. The molecule has 0 spiro atoms. The molecule has 0 saturated heterocycles. The van der Waals surface area contributed by atoms with E-state index in [0.717, 1.165) is 12.1 Å². The highest BCUT2D eigenvalue weighted by molar-refractivity contribution is 5.92. The maximum Gasteiger partial charge on any atom is 0.227 e. The van der Waals surface area contributed by atoms with E-state index in [0.29, 0.717) is 44.2 Å². The molecule has 154 valence electrons. The first-order chi connectivity index (χ1) is 14.1. The first-order valence-electron chi connectivity index (χ1n) is 10.5. The van der Waals surface area contributed by atoms with Gasteiger partial charge in [0, 0.05) is 24.1 Å². The van der Waals surface area contributed by atoms with Crippen molar-refractivity contribution in [3.8, 4) is 0 Å². The van der Waals surface area contributed by atoms with Crippen LogP contribution in [0.25, 0.3) is 0 Å². The highest BCUT2D eigenvalue weighted by atomic mass is 19.1. The Morgan fingerprint density at radius 1 is 0.931 bits per heavy atom. The van der Waals surface area contributed by atoms with Crippen LogP contribution in [0.5, 0.6) is 0 Å². The van der Waals surface area contributed by atoms with Crippen molar-refractivity contribution in [2.24, 2.45) is 11.8 Å². The lowest BCUT2D eigenvalue weighted by atomic mass is 9.81. The van der Waals surface area contributed by atoms with Crippen LogP contribution < -0.4 is 10.6 Å². The van der Waals surface area contributed by atoms with Crippen LogP contribution in [-0.2, 0) is 22.4 Å². The molecular formula is C24H29FN2O2. The second-order valence-corrected chi connectivity index (χ2v) is 7.72. The van der Waals surface area contributed by atoms with Gasteiger partial charge in [-0.15, -0.1) is 0 Å². The van der Waals surface area contributed by atoms with Gasteiger partial charge in [-0.2, -0.15) is 0 Å². The van der Waals surface area contributed by atoms with E-state index >= 15 is 0 Å². The predicted octanol–water partition coefficient (Wildman–Crippen LogP) is 4.49. The molecule has 3 rings (SSSR count). The lowest BCUT2D eigenvalue weighted by Crippen LogP contribution is -2.36. The minimum absolute atomic E-state index is 0.00959. The van der Waals surface area contributed by atoms with Crippen molar-refractivity contribution in [2.45, 2.75) is 45.4 Å². The Balaban J connectivity index is 1.40. The van der Waals surface area contributed by atoms with Crippen molar-refractivity contribution in [2.75, 3.05) is 11.9 Å². The Morgan fingerprint density at radius 2 is 1.55 bits per heavy atom. The highest BCUT2D eigenvalue weighted by Gasteiger charge is 2.29. The number of anilines is 1. The Bertz CT molecular complexity index is 827. The van der Waals surface area contributed by atoms with Crippen molar-refractivity contribution in [1.82, 2.24) is 5.32 Å². The van der Waals surface area contributed by atoms with Gasteiger partial charge in [-0.25, -0.2) is 4.39 Å². The van der Waals surface area contributed by atoms with Gasteiger partial charge >= 0.3 is 0 Å². The van der Waals surface area contributed by atoms with Crippen LogP contribution in [0, 0.1) is 17.7 Å². The van der Waals surface area contributed by atoms with Gasteiger partial charge in [-0.3, -0.25) is 9.59 Å². The van der Waals surface area contributed by atoms with Crippen LogP contribution in [0.1, 0.15) is 43.7 Å². The Kier molecular flexibility index (Phi) is 7.39. The topological polar surface area (TPSA) is 58.2 Å². The van der Waals surface area contributed by atoms with E-state index in [1.54, 1.807) is 18.2 Å². The van der Waals surface area contributed by atoms with Gasteiger partial charge in [0.1, 0.15) is 5.82 Å². The fourth-order valence-corrected chi connectivity index (χ4v) is 3.85. The smallest absolute Gasteiger partial charge is 0.227 e. The molecule has 0 heterocycles. The van der Waals surface area contributed by atoms with E-state index in [2.05, 4.69) is 17.6 Å². The third-order valence-corrected chi connectivity index (χ3v) is 5.75. The number of nitrogens with one attached hydrogen (secondary N) is 2. The van der Waals surface area contributed by atoms with Crippen molar-refractivity contribution in [1.29, 1.82) is 0 Å². The summed E-state index contributed by atoms with van der Waals surface area (Å²) >= 11 is 0. The molecule has 2 aromatic carbocycles. The molecule has 2 amide bonds. The lowest BCUT2D eigenvalue weighted by Gasteiger charge is -2.27. The van der Waals surface area contributed by atoms with Crippen molar-refractivity contribution in [3.05, 3.63) is 65.5 Å². The van der Waals surface area contributed by atoms with Gasteiger partial charge in [-0.1, -0.05) is 37.3 Å². The maximum atomic E-state index is 13.6. The SMILES string of the molecule is CCc1ccc(NC(=O)C2CCC(C(=O)NCCc3ccccc3F)CC2)cc1. The number of halogens is 1. The summed E-state index contributed by atoms with van der Waals surface area (Å²) < 4.78 is 13.6. The molecule has 1 aliphatic carbocycles. The average Bonchev–Trinajstić information content (AvgIpc) is 2.75. The quantitative estimate of drug-likeness (QED) is 0.724. The number of rotatable bonds is 7. The van der Waals surface area contributed by atoms with Gasteiger partial charge in [0.15, 0.2) is 0 Å². The van der Waals surface area contributed by atoms with E-state index in [9.17, 15) is 14.0 Å². The van der Waals surface area contributed by atoms with Gasteiger partial charge in [0.05, 0.1) is 0 Å². The summed E-state index contributed by atoms with van der Waals surface area (Å²) in [5.74, 6) is -0.313. The molecule has 1 aliphatic rings. The Morgan fingerprint density at radius 3 is 2.17 bits per heavy atom. The Hall–Kier alpha value is -2.69. The van der Waals surface area contributed by atoms with E-state index in [1.165, 1.54) is 11.6 Å². The molecular weight excluding hydrogens is 367 g/mol. The minimum atomic E-state index is -0.238. The maximum absolute atomic E-state index is 13.6. The molecule has 4 nitrogen and oxygen atoms in total. The summed E-state index contributed by atoms with van der Waals surface area (Å²) in [6, 6.07) is 14.5. The van der Waals surface area contributed by atoms with Crippen molar-refractivity contribution >= 4 is 17.5 Å². The zero-order chi connectivity index (χ0) is 20.6. The molecule has 0 atom stereocenters. The third-order valence-electron chi connectivity index (χ3n) is 5.75. The molecule has 5 heteroatoms. The number of hydrogen-bond donors (Lipinski definition) is 2. The zero-order valence-electron chi connectivity index (χ0n) is 16.9. The summed E-state index contributed by atoms with van der Waals surface area (Å²) in [5, 5.41) is 5.91. The van der Waals surface area contributed by atoms with Crippen LogP contribution in [0.4, 0.5) is 10.1 Å². The monoisotopic (exact) mass is 396 g/mol. The summed E-state index contributed by atoms with van der Waals surface area (Å²) in [6.45, 7) is 2.52. The van der Waals surface area contributed by atoms with Crippen molar-refractivity contribution < 1.29 is 14.0 Å². The minimum Gasteiger partial charge on any atom is -0.356 e. The van der Waals surface area contributed by atoms with Crippen LogP contribution >= 0.6 is 0 Å². The number of aryl methyl sites for hydroxylation is 1. The number of hydrogen-bond acceptors (Lipinski definition) is 2. The number of carbonyl (C=O) groups is 2. The molecule has 2 aromatic rings. The molecule has 29 heavy (non-hydrogen) atoms. The second-order valence-electron chi connectivity index (χ2n) is 7.72. The van der Waals surface area contributed by atoms with Crippen molar-refractivity contribution in [3.63, 3.8) is 0 Å². The third kappa shape index (κ3) is 5.89. The summed E-state index contributed by atoms with van der Waals surface area (Å²) in [7, 11) is 0. The second kappa shape index (κ2) is 10.2. The summed E-state index contributed by atoms with van der Waals surface area (Å²) in [6.07, 6.45) is 4.29. The Labute approximate surface area is 171 Å². The fourth-order valence-electron chi connectivity index (χ4n) is 3.85. The molecule has 1 saturated carbocycles. The normalized spacial score (nSPS) is 18.8. The average molecular weight is 397 g/mol. The lowest BCUT2D eigenvalue weighted by molar-refractivity contribution is -0.128. The largest absolute Gasteiger partial charge is 0.356 e. The molecule has 0 aromatic heterocycles. The van der Waals surface area contributed by atoms with Crippen LogP contribution in [0.2, 0.25) is 0 Å². The number of amides is 2. The summed E-state index contributed by atoms with van der Waals surface area (Å²) in [4.78, 5) is 24.9. The molecule has 2 N–H and O–H groups in total. The summed E-state index contributed by atoms with van der Waals surface area (Å²) in [5.41, 5.74) is 2.67. The van der Waals surface area contributed by atoms with Gasteiger partial charge in [-0.05, 0) is 67.9 Å². The molecule has 0 radical (unpaired) electrons. The van der Waals surface area contributed by atoms with Gasteiger partial charge in [0.25, 0.3) is 0 Å². The fraction of sp³-hybridized carbons (Fsp3) is 0.417. The van der Waals surface area contributed by atoms with E-state index in [1.807, 2.05) is 24.3 Å². The van der Waals surface area contributed by atoms with Gasteiger partial charge < -0.3 is 10.6 Å². The predicted molar refractivity (Wildman–Crippen MR) is 113 cm³/mol. The molecule has 0 unspecified atom stereocenters. The van der Waals surface area contributed by atoms with Crippen LogP contribution in [0.3, 0.4) is 0 Å². The number of benzene rings is 2. The van der Waals surface area contributed by atoms with E-state index < -0.39 is 0 Å². The molecule has 0 bridgehead atoms. The molecule has 1 fully saturated rings. The van der Waals surface area contributed by atoms with Crippen LogP contribution in [-0.4, -0.2) is 18.4 Å². The molecule has 0 aliphatic heterocycles. The number of carbonyl (C=O) groups excluding carboxylic acids is 2. The zero-order valence-corrected chi connectivity index (χ0v) is 16.9.